The highest BCUT2D eigenvalue weighted by atomic mass is 28.4. The van der Waals surface area contributed by atoms with Gasteiger partial charge in [-0.05, 0) is 111 Å². The fourth-order valence-electron chi connectivity index (χ4n) is 4.10. The molecular weight excluding hydrogens is 424 g/mol. The molecule has 4 N–H and O–H groups in total. The first kappa shape index (κ1) is 33.0. The van der Waals surface area contributed by atoms with Crippen LogP contribution in [-0.4, -0.2) is 68.3 Å². The standard InChI is InChI=1S/C27H62N4OSi/c1-28-20-14-13-17-23-29-21-15-11-9-7-5-6-8-10-12-16-22-30-24-18-25-31-26-19-27-33(3,4)32-2/h28-31H,5-27H2,1-4H3. The number of nitrogens with one attached hydrogen (secondary N) is 4. The molecular formula is C27H62N4OSi. The zero-order chi connectivity index (χ0) is 24.3. The Morgan fingerprint density at radius 3 is 1.21 bits per heavy atom. The molecule has 0 aliphatic rings. The largest absolute Gasteiger partial charge is 0.420 e. The minimum atomic E-state index is -1.35. The first-order valence-corrected chi connectivity index (χ1v) is 17.6. The van der Waals surface area contributed by atoms with Crippen molar-refractivity contribution in [2.45, 2.75) is 115 Å². The lowest BCUT2D eigenvalue weighted by atomic mass is 10.1. The summed E-state index contributed by atoms with van der Waals surface area (Å²) in [5.41, 5.74) is 0. The van der Waals surface area contributed by atoms with Gasteiger partial charge in [0.1, 0.15) is 0 Å². The Balaban J connectivity index is 3.05. The van der Waals surface area contributed by atoms with E-state index in [1.54, 1.807) is 0 Å². The van der Waals surface area contributed by atoms with Gasteiger partial charge in [-0.3, -0.25) is 0 Å². The van der Waals surface area contributed by atoms with E-state index < -0.39 is 8.32 Å². The van der Waals surface area contributed by atoms with E-state index in [4.69, 9.17) is 4.43 Å². The quantitative estimate of drug-likeness (QED) is 0.0847. The van der Waals surface area contributed by atoms with Crippen molar-refractivity contribution in [3.05, 3.63) is 0 Å². The molecule has 5 nitrogen and oxygen atoms in total. The summed E-state index contributed by atoms with van der Waals surface area (Å²) in [7, 11) is 2.55. The molecule has 0 unspecified atom stereocenters. The molecule has 0 aromatic carbocycles. The van der Waals surface area contributed by atoms with Crippen molar-refractivity contribution >= 4 is 8.32 Å². The second kappa shape index (κ2) is 26.6. The molecule has 6 heteroatoms. The van der Waals surface area contributed by atoms with Crippen molar-refractivity contribution in [1.29, 1.82) is 0 Å². The van der Waals surface area contributed by atoms with Crippen LogP contribution in [-0.2, 0) is 4.43 Å². The van der Waals surface area contributed by atoms with Crippen LogP contribution in [0.3, 0.4) is 0 Å². The topological polar surface area (TPSA) is 57.3 Å². The molecule has 0 spiro atoms. The maximum atomic E-state index is 5.59. The molecule has 0 amide bonds. The van der Waals surface area contributed by atoms with E-state index in [1.807, 2.05) is 14.2 Å². The van der Waals surface area contributed by atoms with Crippen LogP contribution in [0.25, 0.3) is 0 Å². The summed E-state index contributed by atoms with van der Waals surface area (Å²) in [5.74, 6) is 0. The van der Waals surface area contributed by atoms with Crippen LogP contribution in [0.5, 0.6) is 0 Å². The number of hydrogen-bond donors (Lipinski definition) is 4. The van der Waals surface area contributed by atoms with Gasteiger partial charge in [0.15, 0.2) is 8.32 Å². The van der Waals surface area contributed by atoms with Gasteiger partial charge in [0.05, 0.1) is 0 Å². The molecule has 0 aliphatic heterocycles. The summed E-state index contributed by atoms with van der Waals surface area (Å²) >= 11 is 0. The van der Waals surface area contributed by atoms with E-state index in [1.165, 1.54) is 122 Å². The second-order valence-electron chi connectivity index (χ2n) is 10.4. The second-order valence-corrected chi connectivity index (χ2v) is 14.8. The van der Waals surface area contributed by atoms with Crippen LogP contribution < -0.4 is 21.3 Å². The average Bonchev–Trinajstić information content (AvgIpc) is 2.81. The lowest BCUT2D eigenvalue weighted by Gasteiger charge is -2.19. The van der Waals surface area contributed by atoms with Crippen molar-refractivity contribution in [2.75, 3.05) is 60.0 Å². The summed E-state index contributed by atoms with van der Waals surface area (Å²) in [4.78, 5) is 0. The van der Waals surface area contributed by atoms with Gasteiger partial charge in [0.2, 0.25) is 0 Å². The van der Waals surface area contributed by atoms with Crippen LogP contribution >= 0.6 is 0 Å². The van der Waals surface area contributed by atoms with Gasteiger partial charge in [-0.25, -0.2) is 0 Å². The summed E-state index contributed by atoms with van der Waals surface area (Å²) in [5, 5.41) is 14.0. The fourth-order valence-corrected chi connectivity index (χ4v) is 5.33. The molecule has 0 aliphatic carbocycles. The van der Waals surface area contributed by atoms with Crippen molar-refractivity contribution in [3.63, 3.8) is 0 Å². The first-order chi connectivity index (χ1) is 16.1. The van der Waals surface area contributed by atoms with E-state index in [9.17, 15) is 0 Å². The Morgan fingerprint density at radius 2 is 0.788 bits per heavy atom. The molecule has 0 bridgehead atoms. The lowest BCUT2D eigenvalue weighted by molar-refractivity contribution is 0.401. The maximum absolute atomic E-state index is 5.59. The number of rotatable bonds is 28. The van der Waals surface area contributed by atoms with E-state index >= 15 is 0 Å². The van der Waals surface area contributed by atoms with Crippen LogP contribution in [0, 0.1) is 0 Å². The molecule has 0 aromatic rings. The molecule has 0 fully saturated rings. The van der Waals surface area contributed by atoms with Gasteiger partial charge < -0.3 is 25.7 Å². The van der Waals surface area contributed by atoms with Crippen LogP contribution in [0.15, 0.2) is 0 Å². The Morgan fingerprint density at radius 1 is 0.455 bits per heavy atom. The lowest BCUT2D eigenvalue weighted by Crippen LogP contribution is -2.30. The molecule has 0 saturated heterocycles. The summed E-state index contributed by atoms with van der Waals surface area (Å²) in [6, 6.07) is 1.25. The smallest absolute Gasteiger partial charge is 0.186 e. The van der Waals surface area contributed by atoms with Crippen molar-refractivity contribution in [3.8, 4) is 0 Å². The number of unbranched alkanes of at least 4 members (excludes halogenated alkanes) is 11. The summed E-state index contributed by atoms with van der Waals surface area (Å²) in [6.07, 6.45) is 20.5. The van der Waals surface area contributed by atoms with Crippen LogP contribution in [0.1, 0.15) is 96.3 Å². The molecule has 0 radical (unpaired) electrons. The van der Waals surface area contributed by atoms with Crippen LogP contribution in [0.4, 0.5) is 0 Å². The fraction of sp³-hybridized carbons (Fsp3) is 1.00. The zero-order valence-corrected chi connectivity index (χ0v) is 24.2. The number of hydrogen-bond acceptors (Lipinski definition) is 5. The monoisotopic (exact) mass is 486 g/mol. The average molecular weight is 487 g/mol. The molecule has 33 heavy (non-hydrogen) atoms. The maximum Gasteiger partial charge on any atom is 0.186 e. The SMILES string of the molecule is CNCCCCCNCCCCCCCCCCCCNCCCNCCC[Si](C)(C)OC. The third-order valence-corrected chi connectivity index (χ3v) is 9.29. The molecule has 0 rings (SSSR count). The Hall–Kier alpha value is 0.0169. The van der Waals surface area contributed by atoms with E-state index in [0.29, 0.717) is 0 Å². The minimum Gasteiger partial charge on any atom is -0.420 e. The molecule has 0 aromatic heterocycles. The Bertz CT molecular complexity index is 372. The van der Waals surface area contributed by atoms with E-state index in [-0.39, 0.29) is 0 Å². The van der Waals surface area contributed by atoms with Gasteiger partial charge in [-0.15, -0.1) is 0 Å². The highest BCUT2D eigenvalue weighted by molar-refractivity contribution is 6.71. The predicted octanol–water partition coefficient (Wildman–Crippen LogP) is 5.68. The minimum absolute atomic E-state index is 1.13. The van der Waals surface area contributed by atoms with Gasteiger partial charge in [0, 0.05) is 7.11 Å². The van der Waals surface area contributed by atoms with Gasteiger partial charge in [-0.1, -0.05) is 57.8 Å². The molecule has 0 heterocycles. The van der Waals surface area contributed by atoms with Crippen molar-refractivity contribution in [2.24, 2.45) is 0 Å². The van der Waals surface area contributed by atoms with Gasteiger partial charge in [0.25, 0.3) is 0 Å². The highest BCUT2D eigenvalue weighted by Gasteiger charge is 2.19. The third kappa shape index (κ3) is 28.1. The van der Waals surface area contributed by atoms with Crippen molar-refractivity contribution < 1.29 is 4.43 Å². The highest BCUT2D eigenvalue weighted by Crippen LogP contribution is 2.11. The summed E-state index contributed by atoms with van der Waals surface area (Å²) in [6.45, 7) is 12.8. The molecule has 0 saturated carbocycles. The Labute approximate surface area is 209 Å². The van der Waals surface area contributed by atoms with Crippen LogP contribution in [0.2, 0.25) is 19.1 Å². The molecule has 200 valence electrons. The molecule has 0 atom stereocenters. The van der Waals surface area contributed by atoms with Gasteiger partial charge in [-0.2, -0.15) is 0 Å². The van der Waals surface area contributed by atoms with Gasteiger partial charge >= 0.3 is 0 Å². The predicted molar refractivity (Wildman–Crippen MR) is 151 cm³/mol. The Kier molecular flexibility index (Phi) is 26.6. The van der Waals surface area contributed by atoms with Crippen molar-refractivity contribution in [1.82, 2.24) is 21.3 Å². The normalized spacial score (nSPS) is 12.0. The van der Waals surface area contributed by atoms with E-state index in [0.717, 1.165) is 26.2 Å². The third-order valence-electron chi connectivity index (χ3n) is 6.63. The first-order valence-electron chi connectivity index (χ1n) is 14.4. The van der Waals surface area contributed by atoms with E-state index in [2.05, 4.69) is 34.4 Å². The zero-order valence-electron chi connectivity index (χ0n) is 23.2. The summed E-state index contributed by atoms with van der Waals surface area (Å²) < 4.78 is 5.59.